The molecule has 2 saturated heterocycles. The molecule has 1 aromatic rings. The number of rotatable bonds is 10. The molecule has 230 valence electrons. The van der Waals surface area contributed by atoms with E-state index in [4.69, 9.17) is 18.9 Å². The Morgan fingerprint density at radius 1 is 0.952 bits per heavy atom. The number of likely N-dealkylation sites (tertiary alicyclic amines) is 1. The van der Waals surface area contributed by atoms with Crippen molar-refractivity contribution in [1.82, 2.24) is 14.7 Å². The van der Waals surface area contributed by atoms with E-state index < -0.39 is 11.3 Å². The van der Waals surface area contributed by atoms with Gasteiger partial charge in [-0.15, -0.1) is 0 Å². The molecule has 11 nitrogen and oxygen atoms in total. The lowest BCUT2D eigenvalue weighted by Gasteiger charge is -2.48. The maximum atomic E-state index is 14.0. The minimum atomic E-state index is -0.965. The number of carbonyl (C=O) groups is 4. The molecule has 0 saturated carbocycles. The van der Waals surface area contributed by atoms with Gasteiger partial charge in [0.05, 0.1) is 27.4 Å². The molecule has 0 bridgehead atoms. The Morgan fingerprint density at radius 3 is 2.31 bits per heavy atom. The van der Waals surface area contributed by atoms with E-state index >= 15 is 0 Å². The van der Waals surface area contributed by atoms with Gasteiger partial charge in [-0.2, -0.15) is 0 Å². The van der Waals surface area contributed by atoms with Gasteiger partial charge in [0.2, 0.25) is 11.8 Å². The van der Waals surface area contributed by atoms with Crippen molar-refractivity contribution in [3.8, 4) is 11.5 Å². The molecular weight excluding hydrogens is 542 g/mol. The summed E-state index contributed by atoms with van der Waals surface area (Å²) in [5.74, 6) is -0.0794. The van der Waals surface area contributed by atoms with Crippen molar-refractivity contribution < 1.29 is 38.1 Å². The number of methoxy groups -OCH3 is 2. The third kappa shape index (κ3) is 6.50. The maximum Gasteiger partial charge on any atom is 0.409 e. The van der Waals surface area contributed by atoms with E-state index in [1.807, 2.05) is 24.3 Å². The minimum absolute atomic E-state index is 0.000463. The fourth-order valence-electron chi connectivity index (χ4n) is 6.31. The van der Waals surface area contributed by atoms with Gasteiger partial charge in [0.15, 0.2) is 11.5 Å². The number of hydrogen-bond donors (Lipinski definition) is 0. The van der Waals surface area contributed by atoms with Gasteiger partial charge in [0.1, 0.15) is 5.41 Å². The third-order valence-corrected chi connectivity index (χ3v) is 8.45. The van der Waals surface area contributed by atoms with Crippen LogP contribution < -0.4 is 9.47 Å². The Bertz CT molecular complexity index is 1190. The van der Waals surface area contributed by atoms with E-state index in [1.54, 1.807) is 42.8 Å². The van der Waals surface area contributed by atoms with Crippen LogP contribution in [0.15, 0.2) is 30.0 Å². The highest BCUT2D eigenvalue weighted by Crippen LogP contribution is 2.50. The van der Waals surface area contributed by atoms with Gasteiger partial charge in [0.25, 0.3) is 0 Å². The minimum Gasteiger partial charge on any atom is -0.493 e. The first-order valence-corrected chi connectivity index (χ1v) is 14.9. The summed E-state index contributed by atoms with van der Waals surface area (Å²) in [5.41, 5.74) is 0.688. The lowest BCUT2D eigenvalue weighted by molar-refractivity contribution is -0.162. The Labute approximate surface area is 247 Å². The van der Waals surface area contributed by atoms with Gasteiger partial charge in [-0.05, 0) is 63.6 Å². The third-order valence-electron chi connectivity index (χ3n) is 8.45. The molecule has 3 aliphatic rings. The van der Waals surface area contributed by atoms with Crippen LogP contribution in [0.2, 0.25) is 0 Å². The van der Waals surface area contributed by atoms with Crippen LogP contribution >= 0.6 is 0 Å². The second kappa shape index (κ2) is 13.9. The first kappa shape index (κ1) is 31.2. The number of ether oxygens (including phenoxy) is 4. The summed E-state index contributed by atoms with van der Waals surface area (Å²) in [6, 6.07) is 5.65. The molecule has 0 radical (unpaired) electrons. The number of benzene rings is 1. The van der Waals surface area contributed by atoms with Crippen LogP contribution in [0.5, 0.6) is 11.5 Å². The molecule has 0 aromatic heterocycles. The van der Waals surface area contributed by atoms with E-state index in [2.05, 4.69) is 0 Å². The highest BCUT2D eigenvalue weighted by Gasteiger charge is 2.54. The summed E-state index contributed by atoms with van der Waals surface area (Å²) >= 11 is 0. The maximum absolute atomic E-state index is 14.0. The average molecular weight is 586 g/mol. The number of amides is 3. The van der Waals surface area contributed by atoms with Crippen molar-refractivity contribution in [3.63, 3.8) is 0 Å². The lowest BCUT2D eigenvalue weighted by atomic mass is 9.66. The quantitative estimate of drug-likeness (QED) is 0.384. The predicted octanol–water partition coefficient (Wildman–Crippen LogP) is 3.40. The monoisotopic (exact) mass is 585 g/mol. The largest absolute Gasteiger partial charge is 0.493 e. The zero-order valence-corrected chi connectivity index (χ0v) is 25.2. The fraction of sp³-hybridized carbons (Fsp3) is 0.613. The Balaban J connectivity index is 1.54. The van der Waals surface area contributed by atoms with Crippen LogP contribution in [0.1, 0.15) is 51.5 Å². The van der Waals surface area contributed by atoms with Crippen LogP contribution in [0.25, 0.3) is 0 Å². The molecule has 0 spiro atoms. The molecule has 2 atom stereocenters. The van der Waals surface area contributed by atoms with Crippen molar-refractivity contribution in [2.24, 2.45) is 11.3 Å². The first-order chi connectivity index (χ1) is 20.3. The Kier molecular flexibility index (Phi) is 10.3. The molecule has 4 rings (SSSR count). The van der Waals surface area contributed by atoms with E-state index in [0.717, 1.165) is 18.4 Å². The summed E-state index contributed by atoms with van der Waals surface area (Å²) in [7, 11) is 3.16. The number of allylic oxidation sites excluding steroid dienone is 1. The number of esters is 1. The zero-order chi connectivity index (χ0) is 30.3. The van der Waals surface area contributed by atoms with Crippen molar-refractivity contribution in [1.29, 1.82) is 0 Å². The van der Waals surface area contributed by atoms with Crippen molar-refractivity contribution in [2.45, 2.75) is 52.4 Å². The molecule has 0 unspecified atom stereocenters. The smallest absolute Gasteiger partial charge is 0.409 e. The van der Waals surface area contributed by atoms with Gasteiger partial charge in [-0.25, -0.2) is 4.79 Å². The number of piperidine rings is 1. The summed E-state index contributed by atoms with van der Waals surface area (Å²) < 4.78 is 21.5. The Morgan fingerprint density at radius 2 is 1.64 bits per heavy atom. The number of fused-ring (bicyclic) bond motifs is 1. The van der Waals surface area contributed by atoms with Crippen molar-refractivity contribution in [3.05, 3.63) is 35.5 Å². The van der Waals surface area contributed by atoms with E-state index in [1.165, 1.54) is 0 Å². The summed E-state index contributed by atoms with van der Waals surface area (Å²) in [6.45, 7) is 5.91. The van der Waals surface area contributed by atoms with Crippen LogP contribution in [-0.4, -0.2) is 98.7 Å². The van der Waals surface area contributed by atoms with E-state index in [0.29, 0.717) is 69.4 Å². The normalized spacial score (nSPS) is 22.2. The van der Waals surface area contributed by atoms with Gasteiger partial charge in [-0.1, -0.05) is 12.1 Å². The highest BCUT2D eigenvalue weighted by molar-refractivity contribution is 5.92. The molecule has 1 aliphatic carbocycles. The van der Waals surface area contributed by atoms with Crippen molar-refractivity contribution in [2.75, 3.05) is 60.2 Å². The first-order valence-electron chi connectivity index (χ1n) is 14.9. The molecule has 2 heterocycles. The second-order valence-electron chi connectivity index (χ2n) is 10.9. The van der Waals surface area contributed by atoms with E-state index in [-0.39, 0.29) is 43.3 Å². The summed E-state index contributed by atoms with van der Waals surface area (Å²) in [5, 5.41) is 0. The molecular formula is C31H43N3O8. The van der Waals surface area contributed by atoms with Gasteiger partial charge >= 0.3 is 12.1 Å². The molecule has 3 amide bonds. The van der Waals surface area contributed by atoms with Gasteiger partial charge in [-0.3, -0.25) is 14.4 Å². The second-order valence-corrected chi connectivity index (χ2v) is 10.9. The molecule has 2 fully saturated rings. The SMILES string of the molecule is CCOC(=O)N1CCN(C(=O)C[C@@H]2C[C@@]3(C(=O)OCC)CCCC=C3N(CCc3ccc(OC)c(OC)c3)C2=O)CC1. The standard InChI is InChI=1S/C31H43N3O8/c1-5-41-29(37)31-13-8-7-9-26(31)34(14-12-22-10-11-24(39-3)25(19-22)40-4)28(36)23(21-31)20-27(35)32-15-17-33(18-16-32)30(38)42-6-2/h9-11,19,23H,5-8,12-18,20-21H2,1-4H3/t23-,31+/m1/s1. The molecule has 11 heteroatoms. The lowest BCUT2D eigenvalue weighted by Crippen LogP contribution is -2.55. The molecule has 1 aromatic carbocycles. The van der Waals surface area contributed by atoms with Crippen molar-refractivity contribution >= 4 is 23.9 Å². The zero-order valence-electron chi connectivity index (χ0n) is 25.2. The number of nitrogens with zero attached hydrogens (tertiary/aromatic N) is 3. The fourth-order valence-corrected chi connectivity index (χ4v) is 6.31. The summed E-state index contributed by atoms with van der Waals surface area (Å²) in [4.78, 5) is 58.1. The highest BCUT2D eigenvalue weighted by atomic mass is 16.6. The van der Waals surface area contributed by atoms with Crippen LogP contribution in [0, 0.1) is 11.3 Å². The number of carbonyl (C=O) groups excluding carboxylic acids is 4. The average Bonchev–Trinajstić information content (AvgIpc) is 3.01. The van der Waals surface area contributed by atoms with E-state index in [9.17, 15) is 19.2 Å². The Hall–Kier alpha value is -3.76. The van der Waals surface area contributed by atoms with Gasteiger partial charge in [0, 0.05) is 50.8 Å². The molecule has 0 N–H and O–H groups in total. The van der Waals surface area contributed by atoms with Crippen LogP contribution in [0.3, 0.4) is 0 Å². The topological polar surface area (TPSA) is 115 Å². The van der Waals surface area contributed by atoms with Crippen LogP contribution in [0.4, 0.5) is 4.79 Å². The number of piperazine rings is 1. The van der Waals surface area contributed by atoms with Crippen LogP contribution in [-0.2, 0) is 30.3 Å². The summed E-state index contributed by atoms with van der Waals surface area (Å²) in [6.07, 6.45) is 4.53. The molecule has 2 aliphatic heterocycles. The molecule has 42 heavy (non-hydrogen) atoms. The predicted molar refractivity (Wildman–Crippen MR) is 154 cm³/mol. The van der Waals surface area contributed by atoms with Gasteiger partial charge < -0.3 is 33.6 Å². The number of hydrogen-bond acceptors (Lipinski definition) is 8.